The molecule has 0 saturated carbocycles. The van der Waals surface area contributed by atoms with Crippen LogP contribution in [0.3, 0.4) is 0 Å². The van der Waals surface area contributed by atoms with E-state index in [1.165, 1.54) is 9.30 Å². The van der Waals surface area contributed by atoms with Crippen molar-refractivity contribution in [2.75, 3.05) is 33.4 Å². The molecule has 3 rings (SSSR count). The molecule has 7 heteroatoms. The first-order chi connectivity index (χ1) is 10.6. The Bertz CT molecular complexity index is 695. The molecule has 0 aromatic carbocycles. The minimum Gasteiger partial charge on any atom is -0.376 e. The summed E-state index contributed by atoms with van der Waals surface area (Å²) in [7, 11) is 1.61. The van der Waals surface area contributed by atoms with E-state index in [1.807, 2.05) is 6.92 Å². The molecule has 1 saturated heterocycles. The minimum absolute atomic E-state index is 0.176. The van der Waals surface area contributed by atoms with Crippen LogP contribution in [0.15, 0.2) is 18.3 Å². The molecule has 2 aromatic rings. The number of fused-ring (bicyclic) bond motifs is 1. The van der Waals surface area contributed by atoms with Crippen LogP contribution < -0.4 is 0 Å². The lowest BCUT2D eigenvalue weighted by Gasteiger charge is -2.27. The van der Waals surface area contributed by atoms with E-state index in [2.05, 4.69) is 4.98 Å². The van der Waals surface area contributed by atoms with Crippen LogP contribution in [0.1, 0.15) is 16.1 Å². The van der Waals surface area contributed by atoms with E-state index in [1.54, 1.807) is 25.4 Å². The molecule has 118 valence electrons. The van der Waals surface area contributed by atoms with Gasteiger partial charge in [0.1, 0.15) is 5.65 Å². The zero-order chi connectivity index (χ0) is 15.7. The van der Waals surface area contributed by atoms with Crippen molar-refractivity contribution >= 4 is 11.6 Å². The van der Waals surface area contributed by atoms with Gasteiger partial charge in [0.05, 0.1) is 25.9 Å². The predicted molar refractivity (Wildman–Crippen MR) is 77.4 cm³/mol. The Morgan fingerprint density at radius 1 is 1.55 bits per heavy atom. The number of hydrogen-bond acceptors (Lipinski definition) is 4. The normalized spacial score (nSPS) is 18.6. The maximum absolute atomic E-state index is 14.3. The van der Waals surface area contributed by atoms with Gasteiger partial charge in [-0.1, -0.05) is 0 Å². The SMILES string of the molecule is Cc1ccn2c(F)c(C(=O)N(C)C[C@@H]3COCCO3)nc2c1. The molecular formula is C15H18FN3O3. The Balaban J connectivity index is 1.80. The fraction of sp³-hybridized carbons (Fsp3) is 0.467. The predicted octanol–water partition coefficient (Wildman–Crippen LogP) is 1.27. The summed E-state index contributed by atoms with van der Waals surface area (Å²) in [4.78, 5) is 17.9. The Morgan fingerprint density at radius 2 is 2.36 bits per heavy atom. The first kappa shape index (κ1) is 14.9. The van der Waals surface area contributed by atoms with Gasteiger partial charge in [-0.2, -0.15) is 4.39 Å². The number of ether oxygens (including phenoxy) is 2. The van der Waals surface area contributed by atoms with Crippen LogP contribution in [0, 0.1) is 12.9 Å². The topological polar surface area (TPSA) is 56.1 Å². The van der Waals surface area contributed by atoms with Crippen molar-refractivity contribution in [3.8, 4) is 0 Å². The van der Waals surface area contributed by atoms with Gasteiger partial charge in [-0.05, 0) is 24.6 Å². The van der Waals surface area contributed by atoms with Crippen molar-refractivity contribution in [3.63, 3.8) is 0 Å². The van der Waals surface area contributed by atoms with Crippen LogP contribution in [-0.4, -0.2) is 59.7 Å². The quantitative estimate of drug-likeness (QED) is 0.857. The lowest BCUT2D eigenvalue weighted by atomic mass is 10.3. The molecule has 1 aliphatic rings. The molecule has 1 fully saturated rings. The molecule has 22 heavy (non-hydrogen) atoms. The third-order valence-corrected chi connectivity index (χ3v) is 3.64. The Morgan fingerprint density at radius 3 is 3.09 bits per heavy atom. The van der Waals surface area contributed by atoms with Gasteiger partial charge in [-0.3, -0.25) is 9.20 Å². The average Bonchev–Trinajstić information content (AvgIpc) is 2.83. The molecule has 0 bridgehead atoms. The number of aryl methyl sites for hydroxylation is 1. The number of carbonyl (C=O) groups is 1. The van der Waals surface area contributed by atoms with Gasteiger partial charge in [0.2, 0.25) is 5.95 Å². The molecule has 1 atom stereocenters. The summed E-state index contributed by atoms with van der Waals surface area (Å²) < 4.78 is 26.4. The number of rotatable bonds is 3. The number of pyridine rings is 1. The summed E-state index contributed by atoms with van der Waals surface area (Å²) in [6, 6.07) is 3.50. The summed E-state index contributed by atoms with van der Waals surface area (Å²) in [6.45, 7) is 3.74. The Labute approximate surface area is 127 Å². The molecule has 0 spiro atoms. The van der Waals surface area contributed by atoms with Gasteiger partial charge in [-0.15, -0.1) is 0 Å². The third-order valence-electron chi connectivity index (χ3n) is 3.64. The molecule has 0 aliphatic carbocycles. The van der Waals surface area contributed by atoms with Crippen LogP contribution in [0.2, 0.25) is 0 Å². The zero-order valence-electron chi connectivity index (χ0n) is 12.6. The van der Waals surface area contributed by atoms with Gasteiger partial charge in [0.15, 0.2) is 5.69 Å². The van der Waals surface area contributed by atoms with Gasteiger partial charge in [-0.25, -0.2) is 4.98 Å². The number of amides is 1. The number of carbonyl (C=O) groups excluding carboxylic acids is 1. The molecule has 2 aromatic heterocycles. The molecular weight excluding hydrogens is 289 g/mol. The van der Waals surface area contributed by atoms with Crippen molar-refractivity contribution in [2.24, 2.45) is 0 Å². The van der Waals surface area contributed by atoms with Crippen molar-refractivity contribution in [1.29, 1.82) is 0 Å². The maximum Gasteiger partial charge on any atom is 0.277 e. The molecule has 6 nitrogen and oxygen atoms in total. The van der Waals surface area contributed by atoms with Crippen LogP contribution >= 0.6 is 0 Å². The summed E-state index contributed by atoms with van der Waals surface area (Å²) in [6.07, 6.45) is 1.38. The second-order valence-electron chi connectivity index (χ2n) is 5.44. The van der Waals surface area contributed by atoms with E-state index in [4.69, 9.17) is 9.47 Å². The number of halogens is 1. The van der Waals surface area contributed by atoms with Crippen LogP contribution in [0.4, 0.5) is 4.39 Å². The monoisotopic (exact) mass is 307 g/mol. The Kier molecular flexibility index (Phi) is 4.08. The van der Waals surface area contributed by atoms with Crippen molar-refractivity contribution in [3.05, 3.63) is 35.5 Å². The fourth-order valence-electron chi connectivity index (χ4n) is 2.46. The van der Waals surface area contributed by atoms with E-state index < -0.39 is 11.9 Å². The van der Waals surface area contributed by atoms with Gasteiger partial charge < -0.3 is 14.4 Å². The lowest BCUT2D eigenvalue weighted by molar-refractivity contribution is -0.0934. The molecule has 0 radical (unpaired) electrons. The number of nitrogens with zero attached hydrogens (tertiary/aromatic N) is 3. The number of likely N-dealkylation sites (N-methyl/N-ethyl adjacent to an activating group) is 1. The molecule has 0 unspecified atom stereocenters. The number of aromatic nitrogens is 2. The summed E-state index contributed by atoms with van der Waals surface area (Å²) in [5, 5.41) is 0. The van der Waals surface area contributed by atoms with Crippen molar-refractivity contribution < 1.29 is 18.7 Å². The van der Waals surface area contributed by atoms with Gasteiger partial charge >= 0.3 is 0 Å². The average molecular weight is 307 g/mol. The molecule has 3 heterocycles. The summed E-state index contributed by atoms with van der Waals surface area (Å²) in [5.41, 5.74) is 1.20. The highest BCUT2D eigenvalue weighted by atomic mass is 19.1. The molecule has 0 N–H and O–H groups in total. The second kappa shape index (κ2) is 6.02. The largest absolute Gasteiger partial charge is 0.376 e. The van der Waals surface area contributed by atoms with E-state index in [0.29, 0.717) is 32.0 Å². The van der Waals surface area contributed by atoms with E-state index in [0.717, 1.165) is 5.56 Å². The van der Waals surface area contributed by atoms with Crippen LogP contribution in [0.25, 0.3) is 5.65 Å². The van der Waals surface area contributed by atoms with Crippen LogP contribution in [-0.2, 0) is 9.47 Å². The highest BCUT2D eigenvalue weighted by Crippen LogP contribution is 2.15. The molecule has 1 aliphatic heterocycles. The van der Waals surface area contributed by atoms with E-state index in [-0.39, 0.29) is 11.8 Å². The van der Waals surface area contributed by atoms with E-state index >= 15 is 0 Å². The highest BCUT2D eigenvalue weighted by molar-refractivity contribution is 5.93. The van der Waals surface area contributed by atoms with Crippen molar-refractivity contribution in [1.82, 2.24) is 14.3 Å². The van der Waals surface area contributed by atoms with Crippen molar-refractivity contribution in [2.45, 2.75) is 13.0 Å². The van der Waals surface area contributed by atoms with Crippen LogP contribution in [0.5, 0.6) is 0 Å². The smallest absolute Gasteiger partial charge is 0.277 e. The standard InChI is InChI=1S/C15H18FN3O3/c1-10-3-4-19-12(7-10)17-13(14(19)16)15(20)18(2)8-11-9-21-5-6-22-11/h3-4,7,11H,5-6,8-9H2,1-2H3/t11-/m1/s1. The summed E-state index contributed by atoms with van der Waals surface area (Å²) in [5.74, 6) is -1.11. The molecule has 1 amide bonds. The van der Waals surface area contributed by atoms with E-state index in [9.17, 15) is 9.18 Å². The van der Waals surface area contributed by atoms with Gasteiger partial charge in [0.25, 0.3) is 5.91 Å². The minimum atomic E-state index is -0.646. The first-order valence-corrected chi connectivity index (χ1v) is 7.15. The number of imidazole rings is 1. The highest BCUT2D eigenvalue weighted by Gasteiger charge is 2.25. The summed E-state index contributed by atoms with van der Waals surface area (Å²) >= 11 is 0. The maximum atomic E-state index is 14.3. The second-order valence-corrected chi connectivity index (χ2v) is 5.44. The lowest BCUT2D eigenvalue weighted by Crippen LogP contribution is -2.41. The zero-order valence-corrected chi connectivity index (χ0v) is 12.6. The third kappa shape index (κ3) is 2.82. The first-order valence-electron chi connectivity index (χ1n) is 7.15. The Hall–Kier alpha value is -1.99. The fourth-order valence-corrected chi connectivity index (χ4v) is 2.46. The van der Waals surface area contributed by atoms with Gasteiger partial charge in [0, 0.05) is 19.8 Å². The number of hydrogen-bond donors (Lipinski definition) is 0.